The van der Waals surface area contributed by atoms with E-state index in [2.05, 4.69) is 23.5 Å². The van der Waals surface area contributed by atoms with Gasteiger partial charge in [-0.15, -0.1) is 0 Å². The van der Waals surface area contributed by atoms with Crippen molar-refractivity contribution in [3.05, 3.63) is 64.7 Å². The number of fused-ring (bicyclic) bond motifs is 1. The van der Waals surface area contributed by atoms with E-state index in [0.29, 0.717) is 23.7 Å². The molecule has 0 heterocycles. The van der Waals surface area contributed by atoms with Crippen LogP contribution in [0.25, 0.3) is 0 Å². The van der Waals surface area contributed by atoms with Gasteiger partial charge in [0.15, 0.2) is 0 Å². The molecule has 3 N–H and O–H groups in total. The lowest BCUT2D eigenvalue weighted by atomic mass is 9.77. The van der Waals surface area contributed by atoms with Gasteiger partial charge in [0.1, 0.15) is 0 Å². The Balaban J connectivity index is 1.67. The summed E-state index contributed by atoms with van der Waals surface area (Å²) < 4.78 is 0. The Hall–Kier alpha value is -2.29. The standard InChI is InChI=1S/C17H18N2O/c1-11-5-4-8-15(18)16(11)17(20)19-10-13-9-12-6-2-3-7-14(12)13/h2-8,13H,9-10,18H2,1H3,(H,19,20). The molecule has 0 bridgehead atoms. The van der Waals surface area contributed by atoms with Crippen LogP contribution in [-0.4, -0.2) is 12.5 Å². The molecule has 1 aliphatic carbocycles. The molecule has 0 fully saturated rings. The van der Waals surface area contributed by atoms with E-state index < -0.39 is 0 Å². The fourth-order valence-electron chi connectivity index (χ4n) is 2.85. The van der Waals surface area contributed by atoms with Crippen molar-refractivity contribution >= 4 is 11.6 Å². The molecule has 1 amide bonds. The van der Waals surface area contributed by atoms with Crippen LogP contribution in [-0.2, 0) is 6.42 Å². The van der Waals surface area contributed by atoms with E-state index in [1.807, 2.05) is 25.1 Å². The predicted octanol–water partition coefficient (Wildman–Crippen LogP) is 2.65. The van der Waals surface area contributed by atoms with Gasteiger partial charge in [-0.1, -0.05) is 36.4 Å². The highest BCUT2D eigenvalue weighted by atomic mass is 16.1. The number of carbonyl (C=O) groups is 1. The van der Waals surface area contributed by atoms with Crippen molar-refractivity contribution in [3.8, 4) is 0 Å². The number of anilines is 1. The summed E-state index contributed by atoms with van der Waals surface area (Å²) in [4.78, 5) is 12.3. The molecule has 3 nitrogen and oxygen atoms in total. The van der Waals surface area contributed by atoms with Gasteiger partial charge in [-0.3, -0.25) is 4.79 Å². The lowest BCUT2D eigenvalue weighted by Gasteiger charge is -2.30. The lowest BCUT2D eigenvalue weighted by molar-refractivity contribution is 0.0950. The number of hydrogen-bond acceptors (Lipinski definition) is 2. The zero-order chi connectivity index (χ0) is 14.1. The van der Waals surface area contributed by atoms with Gasteiger partial charge in [0, 0.05) is 18.2 Å². The van der Waals surface area contributed by atoms with Crippen molar-refractivity contribution in [2.45, 2.75) is 19.3 Å². The molecule has 0 aromatic heterocycles. The molecular weight excluding hydrogens is 248 g/mol. The predicted molar refractivity (Wildman–Crippen MR) is 80.8 cm³/mol. The first-order valence-electron chi connectivity index (χ1n) is 6.88. The van der Waals surface area contributed by atoms with Crippen molar-refractivity contribution in [2.75, 3.05) is 12.3 Å². The molecule has 0 radical (unpaired) electrons. The van der Waals surface area contributed by atoms with Gasteiger partial charge in [-0.25, -0.2) is 0 Å². The number of nitrogens with one attached hydrogen (secondary N) is 1. The Morgan fingerprint density at radius 2 is 2.05 bits per heavy atom. The molecule has 3 heteroatoms. The molecule has 0 spiro atoms. The molecule has 3 rings (SSSR count). The van der Waals surface area contributed by atoms with Gasteiger partial charge in [0.05, 0.1) is 5.56 Å². The van der Waals surface area contributed by atoms with Crippen molar-refractivity contribution in [1.29, 1.82) is 0 Å². The minimum absolute atomic E-state index is 0.0787. The highest BCUT2D eigenvalue weighted by molar-refractivity contribution is 6.00. The average molecular weight is 266 g/mol. The number of nitrogen functional groups attached to an aromatic ring is 1. The Bertz CT molecular complexity index is 644. The van der Waals surface area contributed by atoms with Crippen LogP contribution in [0.1, 0.15) is 33.0 Å². The van der Waals surface area contributed by atoms with E-state index in [4.69, 9.17) is 5.73 Å². The molecular formula is C17H18N2O. The molecule has 102 valence electrons. The maximum atomic E-state index is 12.3. The molecule has 1 unspecified atom stereocenters. The summed E-state index contributed by atoms with van der Waals surface area (Å²) in [6, 6.07) is 13.9. The fraction of sp³-hybridized carbons (Fsp3) is 0.235. The summed E-state index contributed by atoms with van der Waals surface area (Å²) in [7, 11) is 0. The summed E-state index contributed by atoms with van der Waals surface area (Å²) in [5.41, 5.74) is 10.7. The van der Waals surface area contributed by atoms with Crippen LogP contribution in [0.4, 0.5) is 5.69 Å². The van der Waals surface area contributed by atoms with Crippen molar-refractivity contribution < 1.29 is 4.79 Å². The summed E-state index contributed by atoms with van der Waals surface area (Å²) in [5.74, 6) is 0.352. The summed E-state index contributed by atoms with van der Waals surface area (Å²) in [6.45, 7) is 2.58. The fourth-order valence-corrected chi connectivity index (χ4v) is 2.85. The third-order valence-electron chi connectivity index (χ3n) is 4.00. The van der Waals surface area contributed by atoms with E-state index in [9.17, 15) is 4.79 Å². The smallest absolute Gasteiger partial charge is 0.253 e. The number of aryl methyl sites for hydroxylation is 1. The number of hydrogen-bond donors (Lipinski definition) is 2. The number of nitrogens with two attached hydrogens (primary N) is 1. The number of benzene rings is 2. The number of rotatable bonds is 3. The molecule has 1 atom stereocenters. The van der Waals surface area contributed by atoms with Crippen LogP contribution in [0.5, 0.6) is 0 Å². The van der Waals surface area contributed by atoms with Gasteiger partial charge in [-0.05, 0) is 36.1 Å². The van der Waals surface area contributed by atoms with Gasteiger partial charge >= 0.3 is 0 Å². The highest BCUT2D eigenvalue weighted by Crippen LogP contribution is 2.34. The minimum Gasteiger partial charge on any atom is -0.398 e. The second kappa shape index (κ2) is 5.00. The summed E-state index contributed by atoms with van der Waals surface area (Å²) >= 11 is 0. The second-order valence-electron chi connectivity index (χ2n) is 5.35. The Labute approximate surface area is 118 Å². The van der Waals surface area contributed by atoms with Crippen LogP contribution >= 0.6 is 0 Å². The molecule has 2 aromatic rings. The number of amides is 1. The van der Waals surface area contributed by atoms with Gasteiger partial charge in [0.25, 0.3) is 5.91 Å². The van der Waals surface area contributed by atoms with Crippen molar-refractivity contribution in [1.82, 2.24) is 5.32 Å². The quantitative estimate of drug-likeness (QED) is 0.839. The van der Waals surface area contributed by atoms with Crippen molar-refractivity contribution in [2.24, 2.45) is 0 Å². The van der Waals surface area contributed by atoms with E-state index in [0.717, 1.165) is 12.0 Å². The van der Waals surface area contributed by atoms with E-state index >= 15 is 0 Å². The van der Waals surface area contributed by atoms with E-state index in [1.165, 1.54) is 11.1 Å². The molecule has 1 aliphatic rings. The van der Waals surface area contributed by atoms with E-state index in [-0.39, 0.29) is 5.91 Å². The van der Waals surface area contributed by atoms with Gasteiger partial charge < -0.3 is 11.1 Å². The first-order valence-corrected chi connectivity index (χ1v) is 6.88. The van der Waals surface area contributed by atoms with Crippen LogP contribution in [0, 0.1) is 6.92 Å². The Kier molecular flexibility index (Phi) is 3.18. The van der Waals surface area contributed by atoms with Crippen molar-refractivity contribution in [3.63, 3.8) is 0 Å². The molecule has 20 heavy (non-hydrogen) atoms. The van der Waals surface area contributed by atoms with Gasteiger partial charge in [-0.2, -0.15) is 0 Å². The summed E-state index contributed by atoms with van der Waals surface area (Å²) in [6.07, 6.45) is 1.04. The maximum absolute atomic E-state index is 12.3. The molecule has 0 saturated heterocycles. The lowest BCUT2D eigenvalue weighted by Crippen LogP contribution is -2.33. The monoisotopic (exact) mass is 266 g/mol. The van der Waals surface area contributed by atoms with Crippen LogP contribution < -0.4 is 11.1 Å². The highest BCUT2D eigenvalue weighted by Gasteiger charge is 2.26. The first-order chi connectivity index (χ1) is 9.66. The number of carbonyl (C=O) groups excluding carboxylic acids is 1. The van der Waals surface area contributed by atoms with Crippen LogP contribution in [0.3, 0.4) is 0 Å². The third-order valence-corrected chi connectivity index (χ3v) is 4.00. The topological polar surface area (TPSA) is 55.1 Å². The van der Waals surface area contributed by atoms with Crippen LogP contribution in [0.15, 0.2) is 42.5 Å². The zero-order valence-corrected chi connectivity index (χ0v) is 11.5. The van der Waals surface area contributed by atoms with Gasteiger partial charge in [0.2, 0.25) is 0 Å². The maximum Gasteiger partial charge on any atom is 0.253 e. The van der Waals surface area contributed by atoms with E-state index in [1.54, 1.807) is 6.07 Å². The molecule has 0 aliphatic heterocycles. The Morgan fingerprint density at radius 3 is 2.80 bits per heavy atom. The van der Waals surface area contributed by atoms with Crippen LogP contribution in [0.2, 0.25) is 0 Å². The Morgan fingerprint density at radius 1 is 1.25 bits per heavy atom. The average Bonchev–Trinajstić information content (AvgIpc) is 2.39. The first kappa shape index (κ1) is 12.7. The SMILES string of the molecule is Cc1cccc(N)c1C(=O)NCC1Cc2ccccc21. The molecule has 0 saturated carbocycles. The minimum atomic E-state index is -0.0787. The third kappa shape index (κ3) is 2.16. The second-order valence-corrected chi connectivity index (χ2v) is 5.35. The molecule has 2 aromatic carbocycles. The largest absolute Gasteiger partial charge is 0.398 e. The summed E-state index contributed by atoms with van der Waals surface area (Å²) in [5, 5.41) is 3.00. The normalized spacial score (nSPS) is 16.1. The zero-order valence-electron chi connectivity index (χ0n) is 11.5.